The molecule has 0 spiro atoms. The predicted molar refractivity (Wildman–Crippen MR) is 124 cm³/mol. The number of ether oxygens (including phenoxy) is 1. The molecule has 1 aliphatic rings. The molecule has 0 bridgehead atoms. The Labute approximate surface area is 197 Å². The lowest BCUT2D eigenvalue weighted by Crippen LogP contribution is -2.46. The number of nitrogens with zero attached hydrogens (tertiary/aromatic N) is 1. The van der Waals surface area contributed by atoms with Crippen LogP contribution in [0.3, 0.4) is 0 Å². The fraction of sp³-hybridized carbons (Fsp3) is 0.520. The second-order valence-electron chi connectivity index (χ2n) is 8.80. The molecule has 1 aliphatic heterocycles. The van der Waals surface area contributed by atoms with Crippen molar-refractivity contribution in [1.82, 2.24) is 4.90 Å². The summed E-state index contributed by atoms with van der Waals surface area (Å²) in [5, 5.41) is 9.03. The van der Waals surface area contributed by atoms with Crippen LogP contribution in [-0.2, 0) is 17.1 Å². The van der Waals surface area contributed by atoms with Crippen LogP contribution in [0.4, 0.5) is 13.6 Å². The van der Waals surface area contributed by atoms with Crippen molar-refractivity contribution in [3.05, 3.63) is 57.3 Å². The summed E-state index contributed by atoms with van der Waals surface area (Å²) in [6.07, 6.45) is 2.07. The minimum Gasteiger partial charge on any atom is -0.477 e. The van der Waals surface area contributed by atoms with Gasteiger partial charge in [-0.25, -0.2) is 18.4 Å². The highest BCUT2D eigenvalue weighted by atomic mass is 32.1. The van der Waals surface area contributed by atoms with E-state index in [4.69, 9.17) is 9.84 Å². The third-order valence-electron chi connectivity index (χ3n) is 6.05. The SMILES string of the molecule is CC(C)c1cccc(C(F)(F)CCC[C@H]2CCOC(=O)N2CCCc2ccc(C(=O)O)s2)c1. The van der Waals surface area contributed by atoms with E-state index in [1.54, 1.807) is 29.2 Å². The maximum absolute atomic E-state index is 14.8. The summed E-state index contributed by atoms with van der Waals surface area (Å²) in [5.41, 5.74) is 0.944. The number of carbonyl (C=O) groups excluding carboxylic acids is 1. The number of carboxylic acid groups (broad SMARTS) is 1. The van der Waals surface area contributed by atoms with Crippen molar-refractivity contribution in [2.75, 3.05) is 13.2 Å². The van der Waals surface area contributed by atoms with Crippen LogP contribution in [0.2, 0.25) is 0 Å². The molecule has 180 valence electrons. The highest BCUT2D eigenvalue weighted by Gasteiger charge is 2.33. The van der Waals surface area contributed by atoms with Crippen LogP contribution in [0.5, 0.6) is 0 Å². The maximum Gasteiger partial charge on any atom is 0.410 e. The highest BCUT2D eigenvalue weighted by Crippen LogP contribution is 2.35. The molecule has 1 fully saturated rings. The first-order valence-corrected chi connectivity index (χ1v) is 12.2. The first-order chi connectivity index (χ1) is 15.7. The van der Waals surface area contributed by atoms with Gasteiger partial charge in [0.2, 0.25) is 0 Å². The Morgan fingerprint density at radius 3 is 2.76 bits per heavy atom. The number of carboxylic acids is 1. The average Bonchev–Trinajstić information content (AvgIpc) is 3.25. The van der Waals surface area contributed by atoms with E-state index in [9.17, 15) is 18.4 Å². The Morgan fingerprint density at radius 1 is 1.27 bits per heavy atom. The van der Waals surface area contributed by atoms with Crippen LogP contribution in [0, 0.1) is 0 Å². The molecular formula is C25H31F2NO4S. The molecule has 1 N–H and O–H groups in total. The number of cyclic esters (lactones) is 1. The highest BCUT2D eigenvalue weighted by molar-refractivity contribution is 7.13. The molecule has 0 saturated carbocycles. The van der Waals surface area contributed by atoms with Gasteiger partial charge < -0.3 is 14.7 Å². The van der Waals surface area contributed by atoms with Crippen molar-refractivity contribution in [3.63, 3.8) is 0 Å². The van der Waals surface area contributed by atoms with Gasteiger partial charge in [-0.1, -0.05) is 32.0 Å². The van der Waals surface area contributed by atoms with Gasteiger partial charge in [-0.05, 0) is 55.4 Å². The number of aromatic carboxylic acids is 1. The van der Waals surface area contributed by atoms with E-state index >= 15 is 0 Å². The number of carbonyl (C=O) groups is 2. The number of thiophene rings is 1. The number of halogens is 2. The van der Waals surface area contributed by atoms with Gasteiger partial charge in [0.15, 0.2) is 0 Å². The van der Waals surface area contributed by atoms with Gasteiger partial charge in [0.1, 0.15) is 4.88 Å². The second kappa shape index (κ2) is 11.1. The Kier molecular flexibility index (Phi) is 8.46. The summed E-state index contributed by atoms with van der Waals surface area (Å²) in [6, 6.07) is 9.88. The van der Waals surface area contributed by atoms with Gasteiger partial charge in [-0.3, -0.25) is 0 Å². The van der Waals surface area contributed by atoms with E-state index in [1.165, 1.54) is 17.4 Å². The van der Waals surface area contributed by atoms with E-state index in [2.05, 4.69) is 0 Å². The van der Waals surface area contributed by atoms with Gasteiger partial charge in [-0.15, -0.1) is 11.3 Å². The zero-order valence-electron chi connectivity index (χ0n) is 19.1. The van der Waals surface area contributed by atoms with E-state index in [0.29, 0.717) is 50.1 Å². The van der Waals surface area contributed by atoms with Crippen LogP contribution >= 0.6 is 11.3 Å². The molecule has 3 rings (SSSR count). The fourth-order valence-electron chi connectivity index (χ4n) is 4.12. The van der Waals surface area contributed by atoms with Gasteiger partial charge >= 0.3 is 12.1 Å². The summed E-state index contributed by atoms with van der Waals surface area (Å²) in [4.78, 5) is 26.2. The number of aryl methyl sites for hydroxylation is 1. The fourth-order valence-corrected chi connectivity index (χ4v) is 5.01. The lowest BCUT2D eigenvalue weighted by molar-refractivity contribution is -0.0192. The van der Waals surface area contributed by atoms with Crippen molar-refractivity contribution >= 4 is 23.4 Å². The summed E-state index contributed by atoms with van der Waals surface area (Å²) >= 11 is 1.23. The molecule has 0 radical (unpaired) electrons. The zero-order valence-corrected chi connectivity index (χ0v) is 19.9. The molecule has 5 nitrogen and oxygen atoms in total. The Morgan fingerprint density at radius 2 is 2.06 bits per heavy atom. The van der Waals surface area contributed by atoms with Crippen molar-refractivity contribution in [1.29, 1.82) is 0 Å². The van der Waals surface area contributed by atoms with Gasteiger partial charge in [0.05, 0.1) is 6.61 Å². The van der Waals surface area contributed by atoms with Crippen LogP contribution < -0.4 is 0 Å². The number of benzene rings is 1. The first-order valence-electron chi connectivity index (χ1n) is 11.4. The molecule has 1 saturated heterocycles. The van der Waals surface area contributed by atoms with Crippen LogP contribution in [-0.4, -0.2) is 41.3 Å². The Hall–Kier alpha value is -2.48. The minimum atomic E-state index is -2.91. The van der Waals surface area contributed by atoms with Crippen molar-refractivity contribution in [3.8, 4) is 0 Å². The standard InChI is InChI=1S/C25H31F2NO4S/c1-17(2)18-6-3-7-19(16-18)25(26,27)13-4-8-20-12-15-32-24(31)28(20)14-5-9-21-10-11-22(33-21)23(29)30/h3,6-7,10-11,16-17,20H,4-5,8-9,12-15H2,1-2H3,(H,29,30)/t20-/m0/s1. The second-order valence-corrected chi connectivity index (χ2v) is 9.97. The largest absolute Gasteiger partial charge is 0.477 e. The van der Waals surface area contributed by atoms with Crippen LogP contribution in [0.1, 0.15) is 77.5 Å². The van der Waals surface area contributed by atoms with E-state index in [1.807, 2.05) is 19.9 Å². The van der Waals surface area contributed by atoms with Gasteiger partial charge in [-0.2, -0.15) is 0 Å². The van der Waals surface area contributed by atoms with E-state index < -0.39 is 18.0 Å². The summed E-state index contributed by atoms with van der Waals surface area (Å²) in [6.45, 7) is 4.73. The maximum atomic E-state index is 14.8. The molecule has 0 unspecified atom stereocenters. The number of hydrogen-bond acceptors (Lipinski definition) is 4. The van der Waals surface area contributed by atoms with Gasteiger partial charge in [0.25, 0.3) is 5.92 Å². The quantitative estimate of drug-likeness (QED) is 0.391. The van der Waals surface area contributed by atoms with Crippen molar-refractivity contribution in [2.24, 2.45) is 0 Å². The summed E-state index contributed by atoms with van der Waals surface area (Å²) in [7, 11) is 0. The third-order valence-corrected chi connectivity index (χ3v) is 7.18. The Bertz CT molecular complexity index is 959. The van der Waals surface area contributed by atoms with Crippen LogP contribution in [0.15, 0.2) is 36.4 Å². The van der Waals surface area contributed by atoms with Crippen LogP contribution in [0.25, 0.3) is 0 Å². The number of amides is 1. The smallest absolute Gasteiger partial charge is 0.410 e. The average molecular weight is 480 g/mol. The molecule has 1 amide bonds. The van der Waals surface area contributed by atoms with E-state index in [0.717, 1.165) is 10.4 Å². The summed E-state index contributed by atoms with van der Waals surface area (Å²) in [5.74, 6) is -3.67. The normalized spacial score (nSPS) is 16.8. The summed E-state index contributed by atoms with van der Waals surface area (Å²) < 4.78 is 34.8. The van der Waals surface area contributed by atoms with Crippen molar-refractivity contribution in [2.45, 2.75) is 70.3 Å². The predicted octanol–water partition coefficient (Wildman–Crippen LogP) is 6.68. The third kappa shape index (κ3) is 6.76. The lowest BCUT2D eigenvalue weighted by atomic mass is 9.95. The Balaban J connectivity index is 1.53. The molecule has 1 aromatic carbocycles. The molecule has 0 aliphatic carbocycles. The molecule has 1 aromatic heterocycles. The first kappa shape index (κ1) is 25.1. The van der Waals surface area contributed by atoms with Crippen molar-refractivity contribution < 1.29 is 28.2 Å². The number of hydrogen-bond donors (Lipinski definition) is 1. The topological polar surface area (TPSA) is 66.8 Å². The zero-order chi connectivity index (χ0) is 24.0. The monoisotopic (exact) mass is 479 g/mol. The molecule has 8 heteroatoms. The minimum absolute atomic E-state index is 0.0466. The lowest BCUT2D eigenvalue weighted by Gasteiger charge is -2.35. The molecule has 33 heavy (non-hydrogen) atoms. The number of alkyl halides is 2. The molecular weight excluding hydrogens is 448 g/mol. The van der Waals surface area contributed by atoms with E-state index in [-0.39, 0.29) is 23.9 Å². The molecule has 1 atom stereocenters. The molecule has 2 heterocycles. The number of rotatable bonds is 11. The van der Waals surface area contributed by atoms with Gasteiger partial charge in [0, 0.05) is 35.9 Å². The molecule has 2 aromatic rings.